The summed E-state index contributed by atoms with van der Waals surface area (Å²) >= 11 is 0. The Morgan fingerprint density at radius 3 is 1.33 bits per heavy atom. The van der Waals surface area contributed by atoms with Crippen LogP contribution >= 0.6 is 0 Å². The maximum atomic E-state index is 8.35. The smallest absolute Gasteiger partial charge is 0.216 e. The van der Waals surface area contributed by atoms with Crippen molar-refractivity contribution < 1.29 is 115 Å². The molecule has 12 heterocycles. The van der Waals surface area contributed by atoms with Crippen LogP contribution in [0.2, 0.25) is 0 Å². The molecule has 0 saturated carbocycles. The van der Waals surface area contributed by atoms with Crippen LogP contribution in [0.5, 0.6) is 0 Å². The molecule has 15 heteroatoms. The Labute approximate surface area is 770 Å². The summed E-state index contributed by atoms with van der Waals surface area (Å²) in [6.45, 7) is -6.92. The van der Waals surface area contributed by atoms with Gasteiger partial charge in [-0.05, 0) is 197 Å². The van der Waals surface area contributed by atoms with Crippen LogP contribution in [0.1, 0.15) is 184 Å². The van der Waals surface area contributed by atoms with Crippen LogP contribution in [-0.4, -0.2) is 44.9 Å². The summed E-state index contributed by atoms with van der Waals surface area (Å²) in [6, 6.07) is 72.4. The molecule has 0 aliphatic heterocycles. The number of fused-ring (bicyclic) bond motifs is 9. The monoisotopic (exact) mass is 2100 g/mol. The summed E-state index contributed by atoms with van der Waals surface area (Å²) in [7, 11) is 0. The molecule has 18 rings (SSSR count). The summed E-state index contributed by atoms with van der Waals surface area (Å²) in [6.07, 6.45) is 6.81. The van der Waals surface area contributed by atoms with Crippen molar-refractivity contribution in [2.75, 3.05) is 0 Å². The van der Waals surface area contributed by atoms with Crippen molar-refractivity contribution in [3.05, 3.63) is 339 Å². The Kier molecular flexibility index (Phi) is 18.9. The van der Waals surface area contributed by atoms with E-state index in [0.29, 0.717) is 101 Å². The molecule has 0 aliphatic carbocycles. The van der Waals surface area contributed by atoms with Gasteiger partial charge < -0.3 is 43.2 Å². The molecule has 597 valence electrons. The van der Waals surface area contributed by atoms with Gasteiger partial charge in [0.1, 0.15) is 0 Å². The van der Waals surface area contributed by atoms with Gasteiger partial charge in [-0.25, -0.2) is 15.0 Å². The molecule has 12 aromatic heterocycles. The molecular formula is C102H93Ir3N9O3-6. The Hall–Kier alpha value is -11.0. The number of hydrogen-bond donors (Lipinski definition) is 0. The van der Waals surface area contributed by atoms with Gasteiger partial charge in [0.25, 0.3) is 0 Å². The molecule has 0 amide bonds. The number of pyridine rings is 9. The third-order valence-electron chi connectivity index (χ3n) is 18.3. The molecule has 6 aromatic carbocycles. The van der Waals surface area contributed by atoms with Crippen LogP contribution in [0.3, 0.4) is 0 Å². The van der Waals surface area contributed by atoms with E-state index in [4.69, 9.17) is 54.4 Å². The molecule has 12 nitrogen and oxygen atoms in total. The van der Waals surface area contributed by atoms with E-state index in [-0.39, 0.29) is 99.5 Å². The molecule has 0 N–H and O–H groups in total. The van der Waals surface area contributed by atoms with Gasteiger partial charge in [-0.2, -0.15) is 0 Å². The summed E-state index contributed by atoms with van der Waals surface area (Å²) in [5.41, 5.74) is 15.0. The van der Waals surface area contributed by atoms with Gasteiger partial charge in [-0.15, -0.1) is 162 Å². The van der Waals surface area contributed by atoms with Crippen LogP contribution in [0, 0.1) is 119 Å². The molecule has 18 aromatic rings. The van der Waals surface area contributed by atoms with Gasteiger partial charge in [0.05, 0.1) is 16.7 Å². The van der Waals surface area contributed by atoms with E-state index in [2.05, 4.69) is 81.3 Å². The second kappa shape index (κ2) is 39.8. The van der Waals surface area contributed by atoms with Crippen LogP contribution in [0.15, 0.2) is 232 Å². The fraction of sp³-hybridized carbons (Fsp3) is 0.206. The predicted octanol–water partition coefficient (Wildman–Crippen LogP) is 26.2. The molecule has 3 unspecified atom stereocenters. The van der Waals surface area contributed by atoms with Crippen molar-refractivity contribution >= 4 is 66.2 Å². The number of nitrogens with zero attached hydrogens (tertiary/aromatic N) is 9. The van der Waals surface area contributed by atoms with Crippen LogP contribution < -0.4 is 0 Å². The van der Waals surface area contributed by atoms with E-state index in [0.717, 1.165) is 84.0 Å². The number of rotatable bonds is 9. The SMILES string of the molecule is [2H]C([2H])([2H])C([2H])(C)c1ccc(-c2[c-]ccc3c2oc2nc(C)cc(C)c23)nc1.[2H]C([2H])([2H])c1c[c-]c(-c2ccc(C([2H])(C)C([2H])([2H])[2H])cn2)c2oc3nc(C)ccc3c12.[2H]C([2H])([2H])c1cc(-c2[c-]ccc3c2oc2nc(C)ccc23)ncc1C([2H])(C)C([2H])([2H])[2H].[2H]C([2H])([2H])c1ccc(-c2[c-]cccc2)nc1C([2H])([2H])[2H].[2H]C([2H])([2H])c1cnc(-c2[c-]cccc2)cc1C.[2H]C([2H])([2H])c1cnc(-c2[c-]cccc2)cc1C.[Ir].[Ir].[Ir]. The average molecular weight is 2100 g/mol. The molecular weight excluding hydrogens is 1980 g/mol. The maximum absolute atomic E-state index is 8.35. The summed E-state index contributed by atoms with van der Waals surface area (Å²) in [5.74, 6) is -5.69. The molecule has 0 saturated heterocycles. The first-order chi connectivity index (χ1) is 66.9. The third kappa shape index (κ3) is 20.7. The van der Waals surface area contributed by atoms with Crippen molar-refractivity contribution in [3.8, 4) is 67.5 Å². The molecule has 117 heavy (non-hydrogen) atoms. The fourth-order valence-corrected chi connectivity index (χ4v) is 12.3. The first kappa shape index (κ1) is 55.6. The second-order valence-corrected chi connectivity index (χ2v) is 26.7. The number of hydrogen-bond acceptors (Lipinski definition) is 12. The number of aryl methyl sites for hydroxylation is 12. The first-order valence-electron chi connectivity index (χ1n) is 50.9. The molecule has 0 bridgehead atoms. The minimum atomic E-state index is -2.73. The van der Waals surface area contributed by atoms with E-state index >= 15 is 0 Å². The largest absolute Gasteiger partial charge is 0.486 e. The van der Waals surface area contributed by atoms with Gasteiger partial charge in [0.15, 0.2) is 0 Å². The van der Waals surface area contributed by atoms with Gasteiger partial charge >= 0.3 is 0 Å². The standard InChI is InChI=1S/3C21H19N2O.3C13H12N.3Ir/c1-12(2)15-7-10-18(22-11-15)16-8-5-13(3)19-17-9-6-14(4)23-21(17)24-20(16)19;1-12(2)15-8-9-18(22-11-15)16-6-5-7-17-19-13(3)10-14(4)23-21(19)24-20(16)17;1-12(2)18-11-22-19(10-13(18)3)17-7-5-6-15-16-9-8-14(4)23-21(16)24-20(15)17;2*1-10-8-13(14-9-11(10)2)12-6-4-3-5-7-12;1-10-8-9-13(14-11(10)2)12-6-4-3-5-7-12;;;/h5-7,9-12H,1-4H3;5,7-12H,1-4H3;5-6,8-12H,1-4H3;3*3-6,8-9H,1-2H3;;;/q6*-1;;;/i1D3,3D3,12D;1D3,12D;1D3,3D3,12D;2*2D3;1D3,2D3;;;. The molecule has 0 aliphatic rings. The van der Waals surface area contributed by atoms with Crippen molar-refractivity contribution in [2.24, 2.45) is 0 Å². The average Bonchev–Trinajstić information content (AvgIpc) is 1.37. The van der Waals surface area contributed by atoms with E-state index in [9.17, 15) is 0 Å². The van der Waals surface area contributed by atoms with Crippen molar-refractivity contribution in [3.63, 3.8) is 0 Å². The Morgan fingerprint density at radius 2 is 0.803 bits per heavy atom. The Morgan fingerprint density at radius 1 is 0.325 bits per heavy atom. The van der Waals surface area contributed by atoms with E-state index < -0.39 is 79.3 Å². The summed E-state index contributed by atoms with van der Waals surface area (Å²) < 4.78 is 248. The van der Waals surface area contributed by atoms with Gasteiger partial charge in [-0.1, -0.05) is 152 Å². The molecule has 3 atom stereocenters. The maximum Gasteiger partial charge on any atom is 0.216 e. The second-order valence-electron chi connectivity index (χ2n) is 26.7. The zero-order valence-electron chi connectivity index (χ0n) is 94.5. The minimum Gasteiger partial charge on any atom is -0.486 e. The first-order valence-corrected chi connectivity index (χ1v) is 35.9. The normalized spacial score (nSPS) is 17.1. The zero-order chi connectivity index (χ0) is 106. The van der Waals surface area contributed by atoms with E-state index in [1.807, 2.05) is 113 Å². The van der Waals surface area contributed by atoms with Crippen molar-refractivity contribution in [1.29, 1.82) is 0 Å². The van der Waals surface area contributed by atoms with Gasteiger partial charge in [-0.3, -0.25) is 0 Å². The summed E-state index contributed by atoms with van der Waals surface area (Å²) in [5, 5.41) is 4.51. The molecule has 0 fully saturated rings. The molecule has 0 spiro atoms. The van der Waals surface area contributed by atoms with Gasteiger partial charge in [0.2, 0.25) is 17.1 Å². The van der Waals surface area contributed by atoms with Crippen LogP contribution in [-0.2, 0) is 60.3 Å². The van der Waals surface area contributed by atoms with E-state index in [1.165, 1.54) is 75.9 Å². The number of benzene rings is 6. The quantitative estimate of drug-likeness (QED) is 0.126. The minimum absolute atomic E-state index is 0. The van der Waals surface area contributed by atoms with E-state index in [1.54, 1.807) is 86.6 Å². The van der Waals surface area contributed by atoms with Gasteiger partial charge in [0, 0.05) is 171 Å². The third-order valence-corrected chi connectivity index (χ3v) is 18.3. The summed E-state index contributed by atoms with van der Waals surface area (Å²) in [4.78, 5) is 38.7. The van der Waals surface area contributed by atoms with Crippen molar-refractivity contribution in [1.82, 2.24) is 44.9 Å². The van der Waals surface area contributed by atoms with Crippen molar-refractivity contribution in [2.45, 2.75) is 142 Å². The number of aromatic nitrogens is 9. The fourth-order valence-electron chi connectivity index (χ4n) is 12.3. The van der Waals surface area contributed by atoms with Crippen LogP contribution in [0.4, 0.5) is 0 Å². The Balaban J connectivity index is 0.000000183. The molecule has 3 radical (unpaired) electrons. The zero-order valence-corrected chi connectivity index (χ0v) is 71.7. The topological polar surface area (TPSA) is 155 Å². The van der Waals surface area contributed by atoms with Crippen LogP contribution in [0.25, 0.3) is 134 Å². The number of furan rings is 3. The Bertz CT molecular complexity index is 7620. The predicted molar refractivity (Wildman–Crippen MR) is 465 cm³/mol.